The van der Waals surface area contributed by atoms with Crippen LogP contribution >= 0.6 is 11.8 Å². The Morgan fingerprint density at radius 2 is 1.97 bits per heavy atom. The molecule has 5 atom stereocenters. The summed E-state index contributed by atoms with van der Waals surface area (Å²) in [6.45, 7) is 6.95. The van der Waals surface area contributed by atoms with E-state index in [0.717, 1.165) is 5.75 Å². The van der Waals surface area contributed by atoms with Gasteiger partial charge >= 0.3 is 5.97 Å². The van der Waals surface area contributed by atoms with E-state index in [1.165, 1.54) is 6.92 Å². The van der Waals surface area contributed by atoms with Gasteiger partial charge in [0.2, 0.25) is 5.91 Å². The first-order chi connectivity index (χ1) is 13.5. The standard InChI is InChI=1S/C19H33NO8S/c1-11(2)27-19(18(24)25)9-15(23)17(20-13(4)21)16(28-19)8-14(22)12(3)10-29-7-6-26-5/h11-12,15-17,23H,6-10H2,1-5H3,(H,20,21)(H,24,25). The Morgan fingerprint density at radius 1 is 1.31 bits per heavy atom. The first-order valence-electron chi connectivity index (χ1n) is 9.66. The highest BCUT2D eigenvalue weighted by molar-refractivity contribution is 7.99. The van der Waals surface area contributed by atoms with Gasteiger partial charge in [-0.05, 0) is 13.8 Å². The van der Waals surface area contributed by atoms with E-state index in [2.05, 4.69) is 5.32 Å². The van der Waals surface area contributed by atoms with E-state index in [1.54, 1.807) is 39.6 Å². The first-order valence-corrected chi connectivity index (χ1v) is 10.8. The number of rotatable bonds is 12. The Balaban J connectivity index is 2.97. The molecule has 9 nitrogen and oxygen atoms in total. The van der Waals surface area contributed by atoms with Crippen LogP contribution in [0.25, 0.3) is 0 Å². The van der Waals surface area contributed by atoms with Crippen LogP contribution in [-0.4, -0.2) is 83.2 Å². The van der Waals surface area contributed by atoms with Crippen LogP contribution in [0.2, 0.25) is 0 Å². The summed E-state index contributed by atoms with van der Waals surface area (Å²) in [7, 11) is 1.61. The monoisotopic (exact) mass is 435 g/mol. The second-order valence-electron chi connectivity index (χ2n) is 7.52. The molecule has 0 spiro atoms. The number of carbonyl (C=O) groups excluding carboxylic acids is 2. The topological polar surface area (TPSA) is 131 Å². The zero-order valence-corrected chi connectivity index (χ0v) is 18.5. The molecule has 0 aromatic rings. The molecule has 0 bridgehead atoms. The van der Waals surface area contributed by atoms with Crippen LogP contribution in [-0.2, 0) is 28.6 Å². The van der Waals surface area contributed by atoms with Crippen LogP contribution in [0.15, 0.2) is 0 Å². The van der Waals surface area contributed by atoms with Crippen LogP contribution in [0.4, 0.5) is 0 Å². The summed E-state index contributed by atoms with van der Waals surface area (Å²) in [6, 6.07) is -0.909. The molecule has 1 rings (SSSR count). The molecular weight excluding hydrogens is 402 g/mol. The minimum Gasteiger partial charge on any atom is -0.477 e. The molecule has 0 aromatic carbocycles. The number of ketones is 1. The maximum atomic E-state index is 12.7. The fraction of sp³-hybridized carbons (Fsp3) is 0.842. The number of carboxylic acid groups (broad SMARTS) is 1. The molecule has 1 aliphatic heterocycles. The summed E-state index contributed by atoms with van der Waals surface area (Å²) in [5, 5.41) is 22.9. The fourth-order valence-corrected chi connectivity index (χ4v) is 4.14. The number of thioether (sulfide) groups is 1. The third-order valence-electron chi connectivity index (χ3n) is 4.51. The number of hydrogen-bond acceptors (Lipinski definition) is 8. The predicted octanol–water partition coefficient (Wildman–Crippen LogP) is 0.822. The zero-order chi connectivity index (χ0) is 22.2. The molecule has 168 valence electrons. The van der Waals surface area contributed by atoms with Crippen molar-refractivity contribution in [2.75, 3.05) is 25.2 Å². The average Bonchev–Trinajstić information content (AvgIpc) is 2.60. The molecule has 1 heterocycles. The largest absolute Gasteiger partial charge is 0.477 e. The molecule has 5 unspecified atom stereocenters. The molecular formula is C19H33NO8S. The van der Waals surface area contributed by atoms with E-state index in [0.29, 0.717) is 12.4 Å². The number of aliphatic carboxylic acids is 1. The Kier molecular flexibility index (Phi) is 10.6. The minimum atomic E-state index is -2.08. The molecule has 1 fully saturated rings. The van der Waals surface area contributed by atoms with Crippen molar-refractivity contribution in [3.8, 4) is 0 Å². The lowest BCUT2D eigenvalue weighted by molar-refractivity contribution is -0.304. The lowest BCUT2D eigenvalue weighted by Gasteiger charge is -2.45. The maximum absolute atomic E-state index is 12.7. The van der Waals surface area contributed by atoms with Crippen LogP contribution in [0, 0.1) is 5.92 Å². The highest BCUT2D eigenvalue weighted by Gasteiger charge is 2.54. The minimum absolute atomic E-state index is 0.145. The quantitative estimate of drug-likeness (QED) is 0.381. The predicted molar refractivity (Wildman–Crippen MR) is 108 cm³/mol. The number of aliphatic hydroxyl groups is 1. The van der Waals surface area contributed by atoms with E-state index in [1.807, 2.05) is 0 Å². The number of carboxylic acids is 1. The molecule has 1 saturated heterocycles. The van der Waals surface area contributed by atoms with Crippen molar-refractivity contribution in [3.63, 3.8) is 0 Å². The van der Waals surface area contributed by atoms with Gasteiger partial charge in [0, 0.05) is 44.3 Å². The van der Waals surface area contributed by atoms with Crippen molar-refractivity contribution in [1.29, 1.82) is 0 Å². The van der Waals surface area contributed by atoms with E-state index in [9.17, 15) is 24.6 Å². The van der Waals surface area contributed by atoms with Gasteiger partial charge in [-0.25, -0.2) is 4.79 Å². The summed E-state index contributed by atoms with van der Waals surface area (Å²) >= 11 is 1.58. The van der Waals surface area contributed by atoms with Crippen molar-refractivity contribution < 1.29 is 38.8 Å². The van der Waals surface area contributed by atoms with E-state index in [4.69, 9.17) is 14.2 Å². The molecule has 0 aromatic heterocycles. The van der Waals surface area contributed by atoms with Crippen LogP contribution in [0.5, 0.6) is 0 Å². The Hall–Kier alpha value is -1.20. The lowest BCUT2D eigenvalue weighted by atomic mass is 9.88. The number of carbonyl (C=O) groups is 3. The van der Waals surface area contributed by atoms with Gasteiger partial charge in [0.25, 0.3) is 5.79 Å². The van der Waals surface area contributed by atoms with E-state index in [-0.39, 0.29) is 24.5 Å². The summed E-state index contributed by atoms with van der Waals surface area (Å²) in [5.74, 6) is -2.99. The second kappa shape index (κ2) is 11.8. The highest BCUT2D eigenvalue weighted by Crippen LogP contribution is 2.34. The van der Waals surface area contributed by atoms with E-state index >= 15 is 0 Å². The third-order valence-corrected chi connectivity index (χ3v) is 5.70. The van der Waals surface area contributed by atoms with Crippen molar-refractivity contribution >= 4 is 29.4 Å². The SMILES string of the molecule is COCCSCC(C)C(=O)CC1OC(OC(C)C)(C(=O)O)CC(O)C1NC(C)=O. The molecule has 0 saturated carbocycles. The third kappa shape index (κ3) is 7.86. The number of hydrogen-bond donors (Lipinski definition) is 3. The van der Waals surface area contributed by atoms with Gasteiger partial charge < -0.3 is 29.7 Å². The van der Waals surface area contributed by atoms with Gasteiger partial charge in [0.15, 0.2) is 0 Å². The molecule has 1 aliphatic rings. The fourth-order valence-electron chi connectivity index (χ4n) is 3.15. The Labute approximate surface area is 175 Å². The van der Waals surface area contributed by atoms with Gasteiger partial charge in [-0.15, -0.1) is 0 Å². The van der Waals surface area contributed by atoms with Gasteiger partial charge in [-0.2, -0.15) is 11.8 Å². The highest BCUT2D eigenvalue weighted by atomic mass is 32.2. The van der Waals surface area contributed by atoms with Crippen molar-refractivity contribution in [1.82, 2.24) is 5.32 Å². The Bertz CT molecular complexity index is 572. The number of methoxy groups -OCH3 is 1. The van der Waals surface area contributed by atoms with Gasteiger partial charge in [0.05, 0.1) is 31.0 Å². The van der Waals surface area contributed by atoms with Crippen LogP contribution in [0.1, 0.15) is 40.5 Å². The molecule has 1 amide bonds. The molecule has 0 radical (unpaired) electrons. The number of Topliss-reactive ketones (excluding diaryl/α,β-unsaturated/α-hetero) is 1. The molecule has 3 N–H and O–H groups in total. The number of nitrogens with one attached hydrogen (secondary N) is 1. The molecule has 29 heavy (non-hydrogen) atoms. The second-order valence-corrected chi connectivity index (χ2v) is 8.67. The summed E-state index contributed by atoms with van der Waals surface area (Å²) in [6.07, 6.45) is -3.27. The lowest BCUT2D eigenvalue weighted by Crippen LogP contribution is -2.64. The normalized spacial score (nSPS) is 28.2. The Morgan fingerprint density at radius 3 is 2.48 bits per heavy atom. The summed E-state index contributed by atoms with van der Waals surface area (Å²) in [4.78, 5) is 36.2. The van der Waals surface area contributed by atoms with Crippen molar-refractivity contribution in [3.05, 3.63) is 0 Å². The van der Waals surface area contributed by atoms with Crippen molar-refractivity contribution in [2.45, 2.75) is 70.7 Å². The molecule has 10 heteroatoms. The van der Waals surface area contributed by atoms with Gasteiger partial charge in [-0.1, -0.05) is 6.92 Å². The summed E-state index contributed by atoms with van der Waals surface area (Å²) in [5.41, 5.74) is 0. The van der Waals surface area contributed by atoms with E-state index < -0.39 is 42.0 Å². The van der Waals surface area contributed by atoms with Crippen molar-refractivity contribution in [2.24, 2.45) is 5.92 Å². The number of amides is 1. The van der Waals surface area contributed by atoms with Crippen LogP contribution in [0.3, 0.4) is 0 Å². The molecule has 0 aliphatic carbocycles. The summed E-state index contributed by atoms with van der Waals surface area (Å²) < 4.78 is 16.2. The number of aliphatic hydroxyl groups excluding tert-OH is 1. The maximum Gasteiger partial charge on any atom is 0.364 e. The van der Waals surface area contributed by atoms with Gasteiger partial charge in [-0.3, -0.25) is 9.59 Å². The van der Waals surface area contributed by atoms with Gasteiger partial charge in [0.1, 0.15) is 5.78 Å². The van der Waals surface area contributed by atoms with Crippen LogP contribution < -0.4 is 5.32 Å². The number of ether oxygens (including phenoxy) is 3. The first kappa shape index (κ1) is 25.8. The zero-order valence-electron chi connectivity index (χ0n) is 17.7. The average molecular weight is 436 g/mol. The smallest absolute Gasteiger partial charge is 0.364 e.